The fraction of sp³-hybridized carbons (Fsp3) is 0.316. The molecule has 0 spiro atoms. The molecule has 0 bridgehead atoms. The second kappa shape index (κ2) is 8.56. The summed E-state index contributed by atoms with van der Waals surface area (Å²) >= 11 is 1.64. The van der Waals surface area contributed by atoms with Gasteiger partial charge in [0.15, 0.2) is 5.78 Å². The lowest BCUT2D eigenvalue weighted by molar-refractivity contribution is 0.0989. The molecule has 5 heteroatoms. The maximum Gasteiger partial charge on any atom is 0.168 e. The zero-order valence-electron chi connectivity index (χ0n) is 14.0. The monoisotopic (exact) mass is 363 g/mol. The van der Waals surface area contributed by atoms with Gasteiger partial charge in [0.05, 0.1) is 11.5 Å². The molecule has 1 aliphatic rings. The van der Waals surface area contributed by atoms with Crippen LogP contribution in [0.2, 0.25) is 0 Å². The summed E-state index contributed by atoms with van der Waals surface area (Å²) in [6.07, 6.45) is 1.42. The van der Waals surface area contributed by atoms with Crippen LogP contribution in [0.4, 0.5) is 0 Å². The highest BCUT2D eigenvalue weighted by molar-refractivity contribution is 7.99. The van der Waals surface area contributed by atoms with E-state index in [0.717, 1.165) is 39.6 Å². The molecule has 0 aliphatic carbocycles. The van der Waals surface area contributed by atoms with Crippen LogP contribution in [0.5, 0.6) is 5.75 Å². The molecule has 0 N–H and O–H groups in total. The Morgan fingerprint density at radius 1 is 1.12 bits per heavy atom. The van der Waals surface area contributed by atoms with Crippen LogP contribution in [0.15, 0.2) is 52.3 Å². The van der Waals surface area contributed by atoms with E-state index in [1.807, 2.05) is 36.4 Å². The number of halogens is 1. The van der Waals surface area contributed by atoms with Crippen molar-refractivity contribution in [2.24, 2.45) is 0 Å². The number of Topliss-reactive ketones (excluding diaryl/α,β-unsaturated/α-hetero) is 1. The third kappa shape index (κ3) is 4.32. The maximum atomic E-state index is 12.6. The van der Waals surface area contributed by atoms with Gasteiger partial charge in [0, 0.05) is 23.4 Å². The molecule has 3 nitrogen and oxygen atoms in total. The quantitative estimate of drug-likeness (QED) is 0.739. The topological polar surface area (TPSA) is 29.5 Å². The Hall–Kier alpha value is -1.49. The molecule has 2 aromatic rings. The van der Waals surface area contributed by atoms with E-state index in [-0.39, 0.29) is 18.2 Å². The molecule has 0 saturated carbocycles. The molecule has 0 amide bonds. The number of nitrogens with zero attached hydrogens (tertiary/aromatic N) is 1. The molecule has 3 rings (SSSR count). The van der Waals surface area contributed by atoms with Crippen LogP contribution in [0, 0.1) is 0 Å². The third-order valence-electron chi connectivity index (χ3n) is 3.82. The Bertz CT molecular complexity index is 718. The SMILES string of the molecule is CN(C)CCCOc1cccc2c1Sc1ccccc1CC2=O.Cl. The first kappa shape index (κ1) is 18.8. The van der Waals surface area contributed by atoms with Crippen LogP contribution in [-0.2, 0) is 6.42 Å². The highest BCUT2D eigenvalue weighted by Gasteiger charge is 2.22. The van der Waals surface area contributed by atoms with Crippen LogP contribution in [0.25, 0.3) is 0 Å². The van der Waals surface area contributed by atoms with Crippen molar-refractivity contribution in [1.29, 1.82) is 0 Å². The van der Waals surface area contributed by atoms with Crippen molar-refractivity contribution >= 4 is 30.0 Å². The van der Waals surface area contributed by atoms with E-state index in [9.17, 15) is 4.79 Å². The van der Waals surface area contributed by atoms with Gasteiger partial charge in [-0.15, -0.1) is 12.4 Å². The minimum absolute atomic E-state index is 0. The van der Waals surface area contributed by atoms with Gasteiger partial charge >= 0.3 is 0 Å². The van der Waals surface area contributed by atoms with Crippen LogP contribution < -0.4 is 4.74 Å². The maximum absolute atomic E-state index is 12.6. The predicted molar refractivity (Wildman–Crippen MR) is 101 cm³/mol. The van der Waals surface area contributed by atoms with Gasteiger partial charge in [-0.1, -0.05) is 36.0 Å². The van der Waals surface area contributed by atoms with E-state index in [2.05, 4.69) is 25.1 Å². The minimum Gasteiger partial charge on any atom is -0.492 e. The summed E-state index contributed by atoms with van der Waals surface area (Å²) in [6.45, 7) is 1.65. The molecule has 1 heterocycles. The highest BCUT2D eigenvalue weighted by Crippen LogP contribution is 2.42. The van der Waals surface area contributed by atoms with Crippen molar-refractivity contribution in [3.8, 4) is 5.75 Å². The number of hydrogen-bond donors (Lipinski definition) is 0. The number of hydrogen-bond acceptors (Lipinski definition) is 4. The summed E-state index contributed by atoms with van der Waals surface area (Å²) in [5.41, 5.74) is 1.87. The van der Waals surface area contributed by atoms with Gasteiger partial charge < -0.3 is 9.64 Å². The third-order valence-corrected chi connectivity index (χ3v) is 5.07. The molecule has 0 fully saturated rings. The molecule has 0 atom stereocenters. The molecule has 1 aliphatic heterocycles. The molecule has 0 aromatic heterocycles. The van der Waals surface area contributed by atoms with E-state index in [1.54, 1.807) is 11.8 Å². The Morgan fingerprint density at radius 2 is 1.92 bits per heavy atom. The first-order valence-electron chi connectivity index (χ1n) is 7.84. The second-order valence-electron chi connectivity index (χ2n) is 5.95. The number of benzene rings is 2. The molecule has 0 radical (unpaired) electrons. The van der Waals surface area contributed by atoms with Crippen molar-refractivity contribution in [3.63, 3.8) is 0 Å². The summed E-state index contributed by atoms with van der Waals surface area (Å²) < 4.78 is 5.97. The summed E-state index contributed by atoms with van der Waals surface area (Å²) in [4.78, 5) is 16.8. The summed E-state index contributed by atoms with van der Waals surface area (Å²) in [7, 11) is 4.11. The van der Waals surface area contributed by atoms with Gasteiger partial charge in [-0.05, 0) is 44.3 Å². The standard InChI is InChI=1S/C19H21NO2S.ClH/c1-20(2)11-6-12-22-17-9-5-8-15-16(21)13-14-7-3-4-10-18(14)23-19(15)17;/h3-5,7-10H,6,11-13H2,1-2H3;1H. The van der Waals surface area contributed by atoms with Gasteiger partial charge in [0.1, 0.15) is 5.75 Å². The van der Waals surface area contributed by atoms with Gasteiger partial charge in [-0.2, -0.15) is 0 Å². The zero-order valence-corrected chi connectivity index (χ0v) is 15.6. The van der Waals surface area contributed by atoms with E-state index >= 15 is 0 Å². The molecule has 2 aromatic carbocycles. The normalized spacial score (nSPS) is 12.9. The van der Waals surface area contributed by atoms with Crippen LogP contribution in [-0.4, -0.2) is 37.9 Å². The van der Waals surface area contributed by atoms with Crippen molar-refractivity contribution < 1.29 is 9.53 Å². The highest BCUT2D eigenvalue weighted by atomic mass is 35.5. The lowest BCUT2D eigenvalue weighted by atomic mass is 10.0. The van der Waals surface area contributed by atoms with Gasteiger partial charge in [-0.25, -0.2) is 0 Å². The van der Waals surface area contributed by atoms with Gasteiger partial charge in [0.2, 0.25) is 0 Å². The van der Waals surface area contributed by atoms with Crippen LogP contribution >= 0.6 is 24.2 Å². The Labute approximate surface area is 153 Å². The number of fused-ring (bicyclic) bond motifs is 2. The predicted octanol–water partition coefficient (Wildman–Crippen LogP) is 4.33. The molecule has 0 unspecified atom stereocenters. The van der Waals surface area contributed by atoms with Crippen LogP contribution in [0.3, 0.4) is 0 Å². The fourth-order valence-corrected chi connectivity index (χ4v) is 3.80. The fourth-order valence-electron chi connectivity index (χ4n) is 2.64. The molecular weight excluding hydrogens is 342 g/mol. The molecule has 24 heavy (non-hydrogen) atoms. The first-order chi connectivity index (χ1) is 11.1. The number of ketones is 1. The number of carbonyl (C=O) groups is 1. The smallest absolute Gasteiger partial charge is 0.168 e. The Balaban J connectivity index is 0.00000208. The largest absolute Gasteiger partial charge is 0.492 e. The summed E-state index contributed by atoms with van der Waals surface area (Å²) in [5, 5.41) is 0. The Kier molecular flexibility index (Phi) is 6.72. The van der Waals surface area contributed by atoms with Crippen molar-refractivity contribution in [2.75, 3.05) is 27.2 Å². The molecular formula is C19H22ClNO2S. The molecule has 128 valence electrons. The van der Waals surface area contributed by atoms with Gasteiger partial charge in [-0.3, -0.25) is 4.79 Å². The van der Waals surface area contributed by atoms with Crippen LogP contribution in [0.1, 0.15) is 22.3 Å². The number of rotatable bonds is 5. The average Bonchev–Trinajstić information content (AvgIpc) is 2.68. The van der Waals surface area contributed by atoms with E-state index in [0.29, 0.717) is 13.0 Å². The average molecular weight is 364 g/mol. The lowest BCUT2D eigenvalue weighted by Crippen LogP contribution is -2.15. The first-order valence-corrected chi connectivity index (χ1v) is 8.66. The minimum atomic E-state index is 0. The summed E-state index contributed by atoms with van der Waals surface area (Å²) in [5.74, 6) is 0.979. The van der Waals surface area contributed by atoms with Crippen molar-refractivity contribution in [3.05, 3.63) is 53.6 Å². The number of carbonyl (C=O) groups excluding carboxylic acids is 1. The summed E-state index contributed by atoms with van der Waals surface area (Å²) in [6, 6.07) is 13.9. The van der Waals surface area contributed by atoms with Gasteiger partial charge in [0.25, 0.3) is 0 Å². The van der Waals surface area contributed by atoms with Crippen molar-refractivity contribution in [1.82, 2.24) is 4.90 Å². The Morgan fingerprint density at radius 3 is 2.71 bits per heavy atom. The number of ether oxygens (including phenoxy) is 1. The zero-order chi connectivity index (χ0) is 16.2. The van der Waals surface area contributed by atoms with Crippen molar-refractivity contribution in [2.45, 2.75) is 22.6 Å². The molecule has 0 saturated heterocycles. The van der Waals surface area contributed by atoms with E-state index in [4.69, 9.17) is 4.74 Å². The second-order valence-corrected chi connectivity index (χ2v) is 7.00. The lowest BCUT2D eigenvalue weighted by Gasteiger charge is -2.14. The van der Waals surface area contributed by atoms with E-state index < -0.39 is 0 Å². The van der Waals surface area contributed by atoms with E-state index in [1.165, 1.54) is 0 Å².